The zero-order valence-corrected chi connectivity index (χ0v) is 8.50. The molecular formula is C6H10O4S2. The van der Waals surface area contributed by atoms with Crippen molar-refractivity contribution in [2.75, 3.05) is 11.5 Å². The van der Waals surface area contributed by atoms with Gasteiger partial charge in [-0.3, -0.25) is 0 Å². The van der Waals surface area contributed by atoms with Crippen molar-refractivity contribution >= 4 is 19.7 Å². The smallest absolute Gasteiger partial charge is 0.190 e. The molecule has 0 spiro atoms. The number of hydrogen-bond donors (Lipinski definition) is 0. The lowest BCUT2D eigenvalue weighted by molar-refractivity contribution is 0.605. The minimum Gasteiger partial charge on any atom is -0.223 e. The summed E-state index contributed by atoms with van der Waals surface area (Å²) in [6, 6.07) is 0. The fourth-order valence-corrected chi connectivity index (χ4v) is 6.64. The number of allylic oxidation sites excluding steroid dienone is 1. The molecule has 0 radical (unpaired) electrons. The van der Waals surface area contributed by atoms with Crippen molar-refractivity contribution in [2.45, 2.75) is 13.8 Å². The largest absolute Gasteiger partial charge is 0.223 e. The Balaban J connectivity index is 3.57. The minimum atomic E-state index is -3.50. The van der Waals surface area contributed by atoms with E-state index in [0.717, 1.165) is 0 Å². The van der Waals surface area contributed by atoms with Crippen LogP contribution in [0.15, 0.2) is 9.81 Å². The van der Waals surface area contributed by atoms with Crippen molar-refractivity contribution in [1.82, 2.24) is 0 Å². The first-order valence-corrected chi connectivity index (χ1v) is 6.71. The molecule has 0 atom stereocenters. The molecule has 0 aliphatic carbocycles. The average Bonchev–Trinajstić information content (AvgIpc) is 2.01. The molecule has 4 nitrogen and oxygen atoms in total. The Morgan fingerprint density at radius 2 is 1.33 bits per heavy atom. The summed E-state index contributed by atoms with van der Waals surface area (Å²) in [5.41, 5.74) is 0.354. The molecule has 0 N–H and O–H groups in total. The maximum atomic E-state index is 11.2. The first kappa shape index (κ1) is 9.73. The van der Waals surface area contributed by atoms with Gasteiger partial charge in [0.25, 0.3) is 0 Å². The number of hydrogen-bond acceptors (Lipinski definition) is 4. The van der Waals surface area contributed by atoms with Crippen molar-refractivity contribution < 1.29 is 16.8 Å². The van der Waals surface area contributed by atoms with Crippen LogP contribution in [0.3, 0.4) is 0 Å². The molecule has 0 saturated carbocycles. The predicted octanol–water partition coefficient (Wildman–Crippen LogP) is 0.0810. The Labute approximate surface area is 72.1 Å². The molecule has 1 heterocycles. The van der Waals surface area contributed by atoms with Crippen molar-refractivity contribution in [3.05, 3.63) is 9.81 Å². The van der Waals surface area contributed by atoms with Gasteiger partial charge in [0.05, 0.1) is 11.5 Å². The Morgan fingerprint density at radius 3 is 1.50 bits per heavy atom. The van der Waals surface area contributed by atoms with Crippen LogP contribution in [0.25, 0.3) is 0 Å². The zero-order chi connectivity index (χ0) is 9.57. The molecule has 1 fully saturated rings. The summed E-state index contributed by atoms with van der Waals surface area (Å²) in [4.78, 5) is 0. The van der Waals surface area contributed by atoms with Gasteiger partial charge in [-0.15, -0.1) is 0 Å². The molecule has 70 valence electrons. The maximum Gasteiger partial charge on any atom is 0.190 e. The fourth-order valence-electron chi connectivity index (χ4n) is 1.22. The van der Waals surface area contributed by atoms with E-state index in [1.807, 2.05) is 0 Å². The second kappa shape index (κ2) is 2.56. The third-order valence-electron chi connectivity index (χ3n) is 1.59. The van der Waals surface area contributed by atoms with Gasteiger partial charge >= 0.3 is 0 Å². The maximum absolute atomic E-state index is 11.2. The SMILES string of the molecule is CC(C)=C1S(=O)(=O)CCS1(=O)=O. The molecule has 1 rings (SSSR count). The van der Waals surface area contributed by atoms with Crippen molar-refractivity contribution in [3.8, 4) is 0 Å². The van der Waals surface area contributed by atoms with Crippen LogP contribution in [0.4, 0.5) is 0 Å². The van der Waals surface area contributed by atoms with E-state index in [9.17, 15) is 16.8 Å². The second-order valence-electron chi connectivity index (χ2n) is 2.93. The summed E-state index contributed by atoms with van der Waals surface area (Å²) in [6.45, 7) is 2.99. The minimum absolute atomic E-state index is 0.268. The predicted molar refractivity (Wildman–Crippen MR) is 45.9 cm³/mol. The monoisotopic (exact) mass is 210 g/mol. The van der Waals surface area contributed by atoms with Crippen LogP contribution in [0, 0.1) is 0 Å². The summed E-state index contributed by atoms with van der Waals surface area (Å²) in [5.74, 6) is -0.536. The van der Waals surface area contributed by atoms with E-state index in [-0.39, 0.29) is 15.7 Å². The second-order valence-corrected chi connectivity index (χ2v) is 7.28. The Hall–Kier alpha value is -0.360. The quantitative estimate of drug-likeness (QED) is 0.568. The fraction of sp³-hybridized carbons (Fsp3) is 0.667. The average molecular weight is 210 g/mol. The van der Waals surface area contributed by atoms with E-state index in [2.05, 4.69) is 0 Å². The van der Waals surface area contributed by atoms with Crippen LogP contribution in [-0.2, 0) is 19.7 Å². The van der Waals surface area contributed by atoms with Gasteiger partial charge in [0.2, 0.25) is 0 Å². The van der Waals surface area contributed by atoms with Crippen molar-refractivity contribution in [1.29, 1.82) is 0 Å². The van der Waals surface area contributed by atoms with Crippen LogP contribution in [-0.4, -0.2) is 28.3 Å². The van der Waals surface area contributed by atoms with E-state index < -0.39 is 19.7 Å². The lowest BCUT2D eigenvalue weighted by atomic mass is 10.4. The van der Waals surface area contributed by atoms with Gasteiger partial charge < -0.3 is 0 Å². The Morgan fingerprint density at radius 1 is 1.00 bits per heavy atom. The first-order valence-electron chi connectivity index (χ1n) is 3.40. The molecule has 0 unspecified atom stereocenters. The molecule has 1 saturated heterocycles. The van der Waals surface area contributed by atoms with Crippen LogP contribution in [0.5, 0.6) is 0 Å². The van der Waals surface area contributed by atoms with E-state index in [0.29, 0.717) is 5.57 Å². The molecule has 6 heteroatoms. The van der Waals surface area contributed by atoms with Gasteiger partial charge in [0, 0.05) is 0 Å². The highest BCUT2D eigenvalue weighted by molar-refractivity contribution is 8.17. The summed E-state index contributed by atoms with van der Waals surface area (Å²) in [7, 11) is -7.00. The molecule has 1 aliphatic rings. The molecular weight excluding hydrogens is 200 g/mol. The standard InChI is InChI=1S/C6H10O4S2/c1-5(2)6-11(7,8)3-4-12(6,9)10/h3-4H2,1-2H3. The van der Waals surface area contributed by atoms with Crippen molar-refractivity contribution in [3.63, 3.8) is 0 Å². The van der Waals surface area contributed by atoms with Gasteiger partial charge in [-0.1, -0.05) is 0 Å². The van der Waals surface area contributed by atoms with Gasteiger partial charge in [-0.05, 0) is 19.4 Å². The van der Waals surface area contributed by atoms with Crippen LogP contribution < -0.4 is 0 Å². The van der Waals surface area contributed by atoms with Crippen LogP contribution in [0.1, 0.15) is 13.8 Å². The lowest BCUT2D eigenvalue weighted by Crippen LogP contribution is -2.04. The third kappa shape index (κ3) is 1.40. The zero-order valence-electron chi connectivity index (χ0n) is 6.86. The van der Waals surface area contributed by atoms with Crippen molar-refractivity contribution in [2.24, 2.45) is 0 Å². The molecule has 0 aromatic carbocycles. The van der Waals surface area contributed by atoms with E-state index in [4.69, 9.17) is 0 Å². The van der Waals surface area contributed by atoms with Crippen LogP contribution >= 0.6 is 0 Å². The van der Waals surface area contributed by atoms with E-state index >= 15 is 0 Å². The summed E-state index contributed by atoms with van der Waals surface area (Å²) < 4.78 is 44.4. The molecule has 12 heavy (non-hydrogen) atoms. The molecule has 0 amide bonds. The van der Waals surface area contributed by atoms with Crippen LogP contribution in [0.2, 0.25) is 0 Å². The van der Waals surface area contributed by atoms with E-state index in [1.165, 1.54) is 13.8 Å². The molecule has 1 aliphatic heterocycles. The summed E-state index contributed by atoms with van der Waals surface area (Å²) >= 11 is 0. The first-order chi connectivity index (χ1) is 5.27. The summed E-state index contributed by atoms with van der Waals surface area (Å²) in [6.07, 6.45) is 0. The number of sulfone groups is 2. The Bertz CT molecular complexity index is 384. The third-order valence-corrected chi connectivity index (χ3v) is 6.81. The molecule has 0 aromatic rings. The van der Waals surface area contributed by atoms with Gasteiger partial charge in [0.1, 0.15) is 0 Å². The Kier molecular flexibility index (Phi) is 2.08. The topological polar surface area (TPSA) is 68.3 Å². The lowest BCUT2D eigenvalue weighted by Gasteiger charge is -1.98. The normalized spacial score (nSPS) is 25.7. The van der Waals surface area contributed by atoms with E-state index in [1.54, 1.807) is 0 Å². The van der Waals surface area contributed by atoms with Gasteiger partial charge in [-0.25, -0.2) is 16.8 Å². The highest BCUT2D eigenvalue weighted by atomic mass is 32.3. The highest BCUT2D eigenvalue weighted by Crippen LogP contribution is 2.27. The highest BCUT2D eigenvalue weighted by Gasteiger charge is 2.39. The van der Waals surface area contributed by atoms with Gasteiger partial charge in [0.15, 0.2) is 23.9 Å². The molecule has 0 bridgehead atoms. The summed E-state index contributed by atoms with van der Waals surface area (Å²) in [5, 5.41) is 0. The number of rotatable bonds is 0. The molecule has 0 aromatic heterocycles. The van der Waals surface area contributed by atoms with Gasteiger partial charge in [-0.2, -0.15) is 0 Å².